The molecule has 0 saturated heterocycles. The topological polar surface area (TPSA) is 55.2 Å². The van der Waals surface area contributed by atoms with Crippen LogP contribution in [0.3, 0.4) is 0 Å². The van der Waals surface area contributed by atoms with E-state index < -0.39 is 5.25 Å². The van der Waals surface area contributed by atoms with E-state index in [1.165, 1.54) is 11.8 Å². The first-order valence-corrected chi connectivity index (χ1v) is 9.88. The van der Waals surface area contributed by atoms with E-state index in [0.29, 0.717) is 16.1 Å². The van der Waals surface area contributed by atoms with Crippen molar-refractivity contribution in [1.29, 1.82) is 0 Å². The van der Waals surface area contributed by atoms with Crippen LogP contribution in [0.5, 0.6) is 0 Å². The number of para-hydroxylation sites is 1. The summed E-state index contributed by atoms with van der Waals surface area (Å²) in [5, 5.41) is 0.800. The first-order valence-electron chi connectivity index (χ1n) is 9.00. The molecule has 0 N–H and O–H groups in total. The Kier molecular flexibility index (Phi) is 4.74. The summed E-state index contributed by atoms with van der Waals surface area (Å²) in [6.45, 7) is 0. The second-order valence-corrected chi connectivity index (χ2v) is 8.03. The zero-order chi connectivity index (χ0) is 19.0. The Morgan fingerprint density at radius 2 is 1.78 bits per heavy atom. The van der Waals surface area contributed by atoms with E-state index >= 15 is 0 Å². The number of aromatic nitrogens is 2. The molecule has 4 rings (SSSR count). The minimum absolute atomic E-state index is 0.0176. The highest BCUT2D eigenvalue weighted by molar-refractivity contribution is 8.00. The number of carbonyl (C=O) groups is 1. The number of fused-ring (bicyclic) bond motifs is 1. The van der Waals surface area contributed by atoms with Crippen molar-refractivity contribution in [2.75, 3.05) is 14.1 Å². The lowest BCUT2D eigenvalue weighted by Crippen LogP contribution is -2.28. The van der Waals surface area contributed by atoms with Crippen LogP contribution in [0.2, 0.25) is 0 Å². The largest absolute Gasteiger partial charge is 0.348 e. The fourth-order valence-electron chi connectivity index (χ4n) is 3.09. The molecule has 138 valence electrons. The third-order valence-corrected chi connectivity index (χ3v) is 5.89. The Morgan fingerprint density at radius 1 is 1.11 bits per heavy atom. The average molecular weight is 379 g/mol. The molecule has 1 fully saturated rings. The fourth-order valence-corrected chi connectivity index (χ4v) is 4.40. The smallest absolute Gasteiger partial charge is 0.262 e. The molecule has 1 aromatic heterocycles. The molecule has 1 saturated carbocycles. The Labute approximate surface area is 162 Å². The highest BCUT2D eigenvalue weighted by Crippen LogP contribution is 2.41. The van der Waals surface area contributed by atoms with Gasteiger partial charge in [-0.3, -0.25) is 14.2 Å². The Bertz CT molecular complexity index is 1040. The lowest BCUT2D eigenvalue weighted by molar-refractivity contribution is -0.128. The second-order valence-electron chi connectivity index (χ2n) is 6.96. The van der Waals surface area contributed by atoms with E-state index in [1.54, 1.807) is 23.6 Å². The van der Waals surface area contributed by atoms with E-state index in [-0.39, 0.29) is 17.5 Å². The van der Waals surface area contributed by atoms with Gasteiger partial charge < -0.3 is 4.90 Å². The van der Waals surface area contributed by atoms with Gasteiger partial charge in [-0.2, -0.15) is 0 Å². The molecule has 1 unspecified atom stereocenters. The van der Waals surface area contributed by atoms with Crippen LogP contribution in [0.1, 0.15) is 29.7 Å². The number of carbonyl (C=O) groups excluding carboxylic acids is 1. The highest BCUT2D eigenvalue weighted by Gasteiger charge is 2.32. The first-order chi connectivity index (χ1) is 13.1. The minimum Gasteiger partial charge on any atom is -0.348 e. The lowest BCUT2D eigenvalue weighted by atomic mass is 10.1. The van der Waals surface area contributed by atoms with Crippen LogP contribution < -0.4 is 5.56 Å². The summed E-state index contributed by atoms with van der Waals surface area (Å²) in [4.78, 5) is 32.3. The summed E-state index contributed by atoms with van der Waals surface area (Å²) >= 11 is 1.36. The van der Waals surface area contributed by atoms with Crippen molar-refractivity contribution in [2.24, 2.45) is 0 Å². The molecule has 0 bridgehead atoms. The molecule has 1 heterocycles. The first kappa shape index (κ1) is 17.8. The van der Waals surface area contributed by atoms with Crippen LogP contribution in [0, 0.1) is 0 Å². The molecular weight excluding hydrogens is 358 g/mol. The molecule has 1 aliphatic carbocycles. The van der Waals surface area contributed by atoms with Gasteiger partial charge in [0, 0.05) is 20.1 Å². The molecule has 2 aromatic carbocycles. The number of nitrogens with zero attached hydrogens (tertiary/aromatic N) is 3. The number of rotatable bonds is 5. The SMILES string of the molecule is CN(C)C(=O)C(Sc1nc2ccccc2c(=O)n1C1CC1)c1ccccc1. The van der Waals surface area contributed by atoms with Crippen molar-refractivity contribution in [3.05, 3.63) is 70.5 Å². The highest BCUT2D eigenvalue weighted by atomic mass is 32.2. The third-order valence-electron chi connectivity index (χ3n) is 4.68. The monoisotopic (exact) mass is 379 g/mol. The van der Waals surface area contributed by atoms with Crippen molar-refractivity contribution >= 4 is 28.6 Å². The summed E-state index contributed by atoms with van der Waals surface area (Å²) < 4.78 is 1.78. The van der Waals surface area contributed by atoms with E-state index in [2.05, 4.69) is 0 Å². The second kappa shape index (κ2) is 7.19. The number of hydrogen-bond donors (Lipinski definition) is 0. The van der Waals surface area contributed by atoms with Gasteiger partial charge in [0.05, 0.1) is 10.9 Å². The maximum Gasteiger partial charge on any atom is 0.262 e. The molecular formula is C21H21N3O2S. The number of likely N-dealkylation sites (N-methyl/N-ethyl adjacent to an activating group) is 1. The molecule has 0 aliphatic heterocycles. The number of hydrogen-bond acceptors (Lipinski definition) is 4. The van der Waals surface area contributed by atoms with E-state index in [4.69, 9.17) is 4.98 Å². The Morgan fingerprint density at radius 3 is 2.44 bits per heavy atom. The predicted molar refractivity (Wildman–Crippen MR) is 108 cm³/mol. The van der Waals surface area contributed by atoms with Gasteiger partial charge in [0.1, 0.15) is 5.25 Å². The van der Waals surface area contributed by atoms with Gasteiger partial charge in [-0.15, -0.1) is 0 Å². The Hall–Kier alpha value is -2.60. The van der Waals surface area contributed by atoms with E-state index in [0.717, 1.165) is 18.4 Å². The quantitative estimate of drug-likeness (QED) is 0.502. The van der Waals surface area contributed by atoms with Gasteiger partial charge >= 0.3 is 0 Å². The minimum atomic E-state index is -0.445. The lowest BCUT2D eigenvalue weighted by Gasteiger charge is -2.22. The molecule has 5 nitrogen and oxygen atoms in total. The van der Waals surface area contributed by atoms with Gasteiger partial charge in [-0.25, -0.2) is 4.98 Å². The van der Waals surface area contributed by atoms with E-state index in [9.17, 15) is 9.59 Å². The summed E-state index contributed by atoms with van der Waals surface area (Å²) in [7, 11) is 3.50. The van der Waals surface area contributed by atoms with Gasteiger partial charge in [0.25, 0.3) is 5.56 Å². The maximum absolute atomic E-state index is 13.1. The molecule has 27 heavy (non-hydrogen) atoms. The van der Waals surface area contributed by atoms with Crippen molar-refractivity contribution in [3.8, 4) is 0 Å². The fraction of sp³-hybridized carbons (Fsp3) is 0.286. The normalized spacial score (nSPS) is 14.9. The molecule has 1 atom stereocenters. The molecule has 0 spiro atoms. The van der Waals surface area contributed by atoms with E-state index in [1.807, 2.05) is 54.6 Å². The number of benzene rings is 2. The van der Waals surface area contributed by atoms with Gasteiger partial charge in [0.2, 0.25) is 5.91 Å². The van der Waals surface area contributed by atoms with Crippen LogP contribution in [0.4, 0.5) is 0 Å². The van der Waals surface area contributed by atoms with Crippen molar-refractivity contribution in [2.45, 2.75) is 29.3 Å². The molecule has 6 heteroatoms. The van der Waals surface area contributed by atoms with Crippen molar-refractivity contribution in [3.63, 3.8) is 0 Å². The van der Waals surface area contributed by atoms with Gasteiger partial charge in [-0.1, -0.05) is 54.2 Å². The number of thioether (sulfide) groups is 1. The predicted octanol–water partition coefficient (Wildman–Crippen LogP) is 3.65. The Balaban J connectivity index is 1.84. The zero-order valence-electron chi connectivity index (χ0n) is 15.3. The van der Waals surface area contributed by atoms with Crippen LogP contribution in [0.25, 0.3) is 10.9 Å². The average Bonchev–Trinajstić information content (AvgIpc) is 3.51. The van der Waals surface area contributed by atoms with Crippen molar-refractivity contribution < 1.29 is 4.79 Å². The molecule has 0 radical (unpaired) electrons. The van der Waals surface area contributed by atoms with Crippen LogP contribution in [-0.4, -0.2) is 34.5 Å². The molecule has 3 aromatic rings. The van der Waals surface area contributed by atoms with Crippen molar-refractivity contribution in [1.82, 2.24) is 14.5 Å². The van der Waals surface area contributed by atoms with Crippen LogP contribution in [0.15, 0.2) is 64.5 Å². The summed E-state index contributed by atoms with van der Waals surface area (Å²) in [5.74, 6) is -0.0176. The summed E-state index contributed by atoms with van der Waals surface area (Å²) in [5.41, 5.74) is 1.56. The molecule has 1 aliphatic rings. The summed E-state index contributed by atoms with van der Waals surface area (Å²) in [6.07, 6.45) is 1.95. The van der Waals surface area contributed by atoms with Crippen LogP contribution in [-0.2, 0) is 4.79 Å². The number of amides is 1. The summed E-state index contributed by atoms with van der Waals surface area (Å²) in [6, 6.07) is 17.3. The zero-order valence-corrected chi connectivity index (χ0v) is 16.1. The third kappa shape index (κ3) is 3.49. The van der Waals surface area contributed by atoms with Crippen LogP contribution >= 0.6 is 11.8 Å². The van der Waals surface area contributed by atoms with Gasteiger partial charge in [-0.05, 0) is 30.5 Å². The molecule has 1 amide bonds. The standard InChI is InChI=1S/C21H21N3O2S/c1-23(2)20(26)18(14-8-4-3-5-9-14)27-21-22-17-11-7-6-10-16(17)19(25)24(21)15-12-13-15/h3-11,15,18H,12-13H2,1-2H3. The van der Waals surface area contributed by atoms with Gasteiger partial charge in [0.15, 0.2) is 5.16 Å². The maximum atomic E-state index is 13.1.